The van der Waals surface area contributed by atoms with E-state index in [1.807, 2.05) is 13.0 Å². The summed E-state index contributed by atoms with van der Waals surface area (Å²) in [6, 6.07) is 0. The Bertz CT molecular complexity index is 164. The molecule has 0 atom stereocenters. The quantitative estimate of drug-likeness (QED) is 0.586. The zero-order valence-corrected chi connectivity index (χ0v) is 7.06. The molecule has 2 heteroatoms. The highest BCUT2D eigenvalue weighted by Crippen LogP contribution is 2.00. The predicted molar refractivity (Wildman–Crippen MR) is 49.9 cm³/mol. The molecular weight excluding hydrogens is 136 g/mol. The summed E-state index contributed by atoms with van der Waals surface area (Å²) in [5.74, 6) is 0. The van der Waals surface area contributed by atoms with E-state index in [-0.39, 0.29) is 0 Å². The zero-order valence-electron chi connectivity index (χ0n) is 7.06. The monoisotopic (exact) mass is 152 g/mol. The fourth-order valence-corrected chi connectivity index (χ4v) is 0.712. The highest BCUT2D eigenvalue weighted by atomic mass is 14.9. The molecule has 0 saturated heterocycles. The first-order chi connectivity index (χ1) is 5.22. The van der Waals surface area contributed by atoms with E-state index < -0.39 is 0 Å². The van der Waals surface area contributed by atoms with Crippen LogP contribution in [0.4, 0.5) is 0 Å². The van der Waals surface area contributed by atoms with Crippen molar-refractivity contribution in [1.82, 2.24) is 5.32 Å². The molecule has 0 saturated carbocycles. The van der Waals surface area contributed by atoms with Gasteiger partial charge in [0.25, 0.3) is 0 Å². The van der Waals surface area contributed by atoms with Gasteiger partial charge in [0.05, 0.1) is 0 Å². The van der Waals surface area contributed by atoms with Crippen LogP contribution in [0.1, 0.15) is 13.3 Å². The fraction of sp³-hybridized carbons (Fsp3) is 0.333. The largest absolute Gasteiger partial charge is 0.401 e. The van der Waals surface area contributed by atoms with Gasteiger partial charge in [-0.2, -0.15) is 0 Å². The molecule has 3 N–H and O–H groups in total. The van der Waals surface area contributed by atoms with Crippen LogP contribution in [0.3, 0.4) is 0 Å². The van der Waals surface area contributed by atoms with Crippen molar-refractivity contribution in [2.24, 2.45) is 5.73 Å². The average Bonchev–Trinajstić information content (AvgIpc) is 1.97. The van der Waals surface area contributed by atoms with Crippen LogP contribution in [0.15, 0.2) is 36.7 Å². The molecule has 0 radical (unpaired) electrons. The highest BCUT2D eigenvalue weighted by molar-refractivity contribution is 5.10. The van der Waals surface area contributed by atoms with Crippen LogP contribution >= 0.6 is 0 Å². The number of hydrogen-bond acceptors (Lipinski definition) is 2. The summed E-state index contributed by atoms with van der Waals surface area (Å²) in [7, 11) is 0. The summed E-state index contributed by atoms with van der Waals surface area (Å²) < 4.78 is 0. The maximum atomic E-state index is 5.60. The third kappa shape index (κ3) is 4.25. The zero-order chi connectivity index (χ0) is 8.69. The average molecular weight is 152 g/mol. The van der Waals surface area contributed by atoms with Gasteiger partial charge < -0.3 is 11.1 Å². The molecule has 2 nitrogen and oxygen atoms in total. The minimum absolute atomic E-state index is 0.748. The highest BCUT2D eigenvalue weighted by Gasteiger charge is 1.93. The lowest BCUT2D eigenvalue weighted by Gasteiger charge is -2.08. The van der Waals surface area contributed by atoms with Gasteiger partial charge in [-0.1, -0.05) is 12.2 Å². The van der Waals surface area contributed by atoms with E-state index in [0.29, 0.717) is 0 Å². The van der Waals surface area contributed by atoms with E-state index >= 15 is 0 Å². The molecule has 11 heavy (non-hydrogen) atoms. The molecule has 0 rings (SSSR count). The second-order valence-electron chi connectivity index (χ2n) is 2.32. The summed E-state index contributed by atoms with van der Waals surface area (Å²) in [6.07, 6.45) is 4.41. The van der Waals surface area contributed by atoms with Gasteiger partial charge in [0, 0.05) is 24.4 Å². The smallest absolute Gasteiger partial charge is 0.0335 e. The molecule has 0 fully saturated rings. The van der Waals surface area contributed by atoms with Crippen molar-refractivity contribution < 1.29 is 0 Å². The molecule has 0 amide bonds. The number of allylic oxidation sites excluding steroid dienone is 2. The van der Waals surface area contributed by atoms with Gasteiger partial charge in [0.15, 0.2) is 0 Å². The van der Waals surface area contributed by atoms with Crippen molar-refractivity contribution in [3.63, 3.8) is 0 Å². The van der Waals surface area contributed by atoms with Gasteiger partial charge in [-0.05, 0) is 6.92 Å². The van der Waals surface area contributed by atoms with Gasteiger partial charge in [-0.25, -0.2) is 0 Å². The lowest BCUT2D eigenvalue weighted by Crippen LogP contribution is -2.16. The maximum absolute atomic E-state index is 5.60. The fourth-order valence-electron chi connectivity index (χ4n) is 0.712. The number of nitrogens with one attached hydrogen (secondary N) is 1. The molecule has 0 unspecified atom stereocenters. The molecule has 0 spiro atoms. The SMILES string of the molecule is C=CCN/C(CC=C)=C(/C)N. The van der Waals surface area contributed by atoms with Crippen molar-refractivity contribution >= 4 is 0 Å². The van der Waals surface area contributed by atoms with Crippen molar-refractivity contribution in [2.75, 3.05) is 6.54 Å². The summed E-state index contributed by atoms with van der Waals surface area (Å²) in [5.41, 5.74) is 7.44. The van der Waals surface area contributed by atoms with E-state index in [9.17, 15) is 0 Å². The van der Waals surface area contributed by atoms with Crippen LogP contribution < -0.4 is 11.1 Å². The Morgan fingerprint density at radius 3 is 2.45 bits per heavy atom. The summed E-state index contributed by atoms with van der Waals surface area (Å²) in [6.45, 7) is 9.85. The first-order valence-corrected chi connectivity index (χ1v) is 3.63. The number of rotatable bonds is 5. The van der Waals surface area contributed by atoms with Crippen molar-refractivity contribution in [2.45, 2.75) is 13.3 Å². The van der Waals surface area contributed by atoms with Crippen LogP contribution in [0.5, 0.6) is 0 Å². The topological polar surface area (TPSA) is 38.0 Å². The molecule has 0 bridgehead atoms. The van der Waals surface area contributed by atoms with Gasteiger partial charge in [-0.15, -0.1) is 13.2 Å². The minimum atomic E-state index is 0.748. The van der Waals surface area contributed by atoms with E-state index in [4.69, 9.17) is 5.73 Å². The molecule has 62 valence electrons. The minimum Gasteiger partial charge on any atom is -0.401 e. The lowest BCUT2D eigenvalue weighted by molar-refractivity contribution is 0.845. The van der Waals surface area contributed by atoms with Gasteiger partial charge in [-0.3, -0.25) is 0 Å². The van der Waals surface area contributed by atoms with E-state index in [0.717, 1.165) is 24.4 Å². The van der Waals surface area contributed by atoms with Crippen LogP contribution in [0.2, 0.25) is 0 Å². The standard InChI is InChI=1S/C9H16N2/c1-4-6-9(8(3)10)11-7-5-2/h4-5,11H,1-2,6-7,10H2,3H3/b9-8-. The van der Waals surface area contributed by atoms with Crippen LogP contribution in [0.25, 0.3) is 0 Å². The Morgan fingerprint density at radius 2 is 2.09 bits per heavy atom. The normalized spacial score (nSPS) is 11.7. The third-order valence-corrected chi connectivity index (χ3v) is 1.28. The van der Waals surface area contributed by atoms with Gasteiger partial charge in [0.2, 0.25) is 0 Å². The summed E-state index contributed by atoms with van der Waals surface area (Å²) in [4.78, 5) is 0. The second-order valence-corrected chi connectivity index (χ2v) is 2.32. The van der Waals surface area contributed by atoms with Crippen molar-refractivity contribution in [1.29, 1.82) is 0 Å². The maximum Gasteiger partial charge on any atom is 0.0335 e. The second kappa shape index (κ2) is 5.59. The van der Waals surface area contributed by atoms with Crippen molar-refractivity contribution in [3.05, 3.63) is 36.7 Å². The van der Waals surface area contributed by atoms with E-state index in [1.54, 1.807) is 6.08 Å². The molecule has 0 heterocycles. The number of hydrogen-bond donors (Lipinski definition) is 2. The first kappa shape index (κ1) is 9.82. The Labute approximate surface area is 68.5 Å². The van der Waals surface area contributed by atoms with Gasteiger partial charge in [0.1, 0.15) is 0 Å². The van der Waals surface area contributed by atoms with E-state index in [2.05, 4.69) is 18.5 Å². The molecule has 0 aromatic carbocycles. The molecule has 0 aromatic rings. The first-order valence-electron chi connectivity index (χ1n) is 3.63. The molecule has 0 aliphatic rings. The van der Waals surface area contributed by atoms with Crippen LogP contribution in [-0.2, 0) is 0 Å². The van der Waals surface area contributed by atoms with Crippen molar-refractivity contribution in [3.8, 4) is 0 Å². The Balaban J connectivity index is 4.00. The summed E-state index contributed by atoms with van der Waals surface area (Å²) >= 11 is 0. The lowest BCUT2D eigenvalue weighted by atomic mass is 10.2. The molecular formula is C9H16N2. The number of nitrogens with two attached hydrogens (primary N) is 1. The Kier molecular flexibility index (Phi) is 4.99. The Hall–Kier alpha value is -1.18. The molecule has 0 aliphatic heterocycles. The molecule has 0 aromatic heterocycles. The Morgan fingerprint density at radius 1 is 1.45 bits per heavy atom. The molecule has 0 aliphatic carbocycles. The van der Waals surface area contributed by atoms with Gasteiger partial charge >= 0.3 is 0 Å². The third-order valence-electron chi connectivity index (χ3n) is 1.28. The van der Waals surface area contributed by atoms with Crippen LogP contribution in [0, 0.1) is 0 Å². The predicted octanol–water partition coefficient (Wildman–Crippen LogP) is 1.53. The van der Waals surface area contributed by atoms with E-state index in [1.165, 1.54) is 0 Å². The van der Waals surface area contributed by atoms with Crippen LogP contribution in [-0.4, -0.2) is 6.54 Å². The summed E-state index contributed by atoms with van der Waals surface area (Å²) in [5, 5.41) is 3.14.